The first-order chi connectivity index (χ1) is 9.97. The Morgan fingerprint density at radius 3 is 2.67 bits per heavy atom. The average Bonchev–Trinajstić information content (AvgIpc) is 2.80. The van der Waals surface area contributed by atoms with Crippen LogP contribution < -0.4 is 5.32 Å². The van der Waals surface area contributed by atoms with E-state index in [1.54, 1.807) is 6.20 Å². The van der Waals surface area contributed by atoms with E-state index in [1.165, 1.54) is 6.92 Å². The number of hydrogen-bond donors (Lipinski definition) is 3. The number of carboxylic acid groups (broad SMARTS) is 1. The first-order valence-corrected chi connectivity index (χ1v) is 6.54. The number of H-pyrrole nitrogens is 1. The first kappa shape index (κ1) is 14.8. The third-order valence-electron chi connectivity index (χ3n) is 3.14. The maximum atomic E-state index is 11.6. The highest BCUT2D eigenvalue weighted by Crippen LogP contribution is 2.19. The molecule has 6 heteroatoms. The van der Waals surface area contributed by atoms with E-state index in [2.05, 4.69) is 10.3 Å². The van der Waals surface area contributed by atoms with Gasteiger partial charge in [0.05, 0.1) is 6.42 Å². The zero-order valence-corrected chi connectivity index (χ0v) is 11.6. The molecule has 21 heavy (non-hydrogen) atoms. The van der Waals surface area contributed by atoms with Crippen molar-refractivity contribution in [2.45, 2.75) is 25.8 Å². The van der Waals surface area contributed by atoms with Crippen molar-refractivity contribution in [1.82, 2.24) is 10.3 Å². The highest BCUT2D eigenvalue weighted by atomic mass is 16.4. The van der Waals surface area contributed by atoms with Gasteiger partial charge in [0.1, 0.15) is 11.8 Å². The fourth-order valence-electron chi connectivity index (χ4n) is 2.19. The van der Waals surface area contributed by atoms with Crippen molar-refractivity contribution in [3.63, 3.8) is 0 Å². The number of nitrogens with one attached hydrogen (secondary N) is 2. The molecule has 2 aromatic rings. The lowest BCUT2D eigenvalue weighted by atomic mass is 10.0. The van der Waals surface area contributed by atoms with E-state index in [9.17, 15) is 19.5 Å². The largest absolute Gasteiger partial charge is 0.480 e. The molecule has 0 spiro atoms. The van der Waals surface area contributed by atoms with Crippen molar-refractivity contribution < 1.29 is 19.5 Å². The number of carbonyl (C=O) groups is 3. The molecule has 0 aliphatic heterocycles. The van der Waals surface area contributed by atoms with Gasteiger partial charge in [-0.15, -0.1) is 0 Å². The number of ketones is 1. The lowest BCUT2D eigenvalue weighted by molar-refractivity contribution is -0.142. The van der Waals surface area contributed by atoms with Gasteiger partial charge in [-0.1, -0.05) is 18.2 Å². The normalized spacial score (nSPS) is 12.0. The van der Waals surface area contributed by atoms with Crippen LogP contribution in [0.25, 0.3) is 10.9 Å². The van der Waals surface area contributed by atoms with E-state index in [0.29, 0.717) is 0 Å². The second kappa shape index (κ2) is 6.21. The summed E-state index contributed by atoms with van der Waals surface area (Å²) in [6.45, 7) is 1.29. The summed E-state index contributed by atoms with van der Waals surface area (Å²) in [6, 6.07) is 6.46. The number of Topliss-reactive ketones (excluding diaryl/α,β-unsaturated/α-hetero) is 1. The fraction of sp³-hybridized carbons (Fsp3) is 0.267. The minimum atomic E-state index is -1.13. The van der Waals surface area contributed by atoms with E-state index in [4.69, 9.17) is 0 Å². The maximum Gasteiger partial charge on any atom is 0.326 e. The number of rotatable bonds is 6. The number of hydrogen-bond acceptors (Lipinski definition) is 3. The van der Waals surface area contributed by atoms with Crippen LogP contribution >= 0.6 is 0 Å². The monoisotopic (exact) mass is 288 g/mol. The summed E-state index contributed by atoms with van der Waals surface area (Å²) in [4.78, 5) is 36.8. The Morgan fingerprint density at radius 1 is 1.29 bits per heavy atom. The summed E-state index contributed by atoms with van der Waals surface area (Å²) in [5, 5.41) is 12.5. The minimum Gasteiger partial charge on any atom is -0.480 e. The van der Waals surface area contributed by atoms with Crippen molar-refractivity contribution in [2.75, 3.05) is 0 Å². The van der Waals surface area contributed by atoms with Crippen molar-refractivity contribution in [2.24, 2.45) is 0 Å². The summed E-state index contributed by atoms with van der Waals surface area (Å²) < 4.78 is 0. The number of aromatic amines is 1. The Kier molecular flexibility index (Phi) is 4.37. The molecule has 1 atom stereocenters. The highest BCUT2D eigenvalue weighted by Gasteiger charge is 2.22. The topological polar surface area (TPSA) is 99.3 Å². The molecule has 1 heterocycles. The van der Waals surface area contributed by atoms with Crippen LogP contribution in [0.15, 0.2) is 30.5 Å². The number of amides is 1. The number of carbonyl (C=O) groups excluding carboxylic acids is 2. The van der Waals surface area contributed by atoms with Crippen LogP contribution in [0.2, 0.25) is 0 Å². The lowest BCUT2D eigenvalue weighted by Gasteiger charge is -2.13. The molecule has 1 amide bonds. The highest BCUT2D eigenvalue weighted by molar-refractivity contribution is 5.98. The molecule has 3 N–H and O–H groups in total. The predicted octanol–water partition coefficient (Wildman–Crippen LogP) is 1.26. The zero-order valence-electron chi connectivity index (χ0n) is 11.6. The molecule has 2 rings (SSSR count). The summed E-state index contributed by atoms with van der Waals surface area (Å²) >= 11 is 0. The first-order valence-electron chi connectivity index (χ1n) is 6.54. The van der Waals surface area contributed by atoms with Crippen molar-refractivity contribution in [3.8, 4) is 0 Å². The van der Waals surface area contributed by atoms with Gasteiger partial charge in [-0.05, 0) is 18.6 Å². The average molecular weight is 288 g/mol. The SMILES string of the molecule is CC(=O)CC(=O)N[C@H](Cc1c[nH]c2ccccc12)C(=O)O. The van der Waals surface area contributed by atoms with Gasteiger partial charge in [-0.2, -0.15) is 0 Å². The van der Waals surface area contributed by atoms with E-state index in [1.807, 2.05) is 24.3 Å². The molecule has 1 aromatic carbocycles. The molecule has 0 fully saturated rings. The predicted molar refractivity (Wildman–Crippen MR) is 76.9 cm³/mol. The van der Waals surface area contributed by atoms with E-state index < -0.39 is 17.9 Å². The van der Waals surface area contributed by atoms with Crippen molar-refractivity contribution in [1.29, 1.82) is 0 Å². The van der Waals surface area contributed by atoms with Crippen molar-refractivity contribution in [3.05, 3.63) is 36.0 Å². The van der Waals surface area contributed by atoms with E-state index in [-0.39, 0.29) is 18.6 Å². The summed E-state index contributed by atoms with van der Waals surface area (Å²) in [7, 11) is 0. The number of aromatic nitrogens is 1. The number of carboxylic acids is 1. The molecule has 0 saturated heterocycles. The maximum absolute atomic E-state index is 11.6. The Morgan fingerprint density at radius 2 is 2.00 bits per heavy atom. The summed E-state index contributed by atoms with van der Waals surface area (Å²) in [5.41, 5.74) is 1.72. The second-order valence-corrected chi connectivity index (χ2v) is 4.90. The van der Waals surface area contributed by atoms with E-state index >= 15 is 0 Å². The van der Waals surface area contributed by atoms with Crippen LogP contribution in [0, 0.1) is 0 Å². The molecule has 110 valence electrons. The Bertz CT molecular complexity index is 690. The van der Waals surface area contributed by atoms with Crippen LogP contribution in [0.4, 0.5) is 0 Å². The van der Waals surface area contributed by atoms with Gasteiger partial charge >= 0.3 is 5.97 Å². The molecule has 0 bridgehead atoms. The number of para-hydroxylation sites is 1. The van der Waals surface area contributed by atoms with Crippen molar-refractivity contribution >= 4 is 28.6 Å². The molecule has 6 nitrogen and oxygen atoms in total. The van der Waals surface area contributed by atoms with Gasteiger partial charge in [0.2, 0.25) is 5.91 Å². The molecule has 0 saturated carbocycles. The van der Waals surface area contributed by atoms with Gasteiger partial charge < -0.3 is 15.4 Å². The summed E-state index contributed by atoms with van der Waals surface area (Å²) in [5.74, 6) is -2.00. The minimum absolute atomic E-state index is 0.156. The molecular formula is C15H16N2O4. The fourth-order valence-corrected chi connectivity index (χ4v) is 2.19. The number of benzene rings is 1. The number of aliphatic carboxylic acids is 1. The van der Waals surface area contributed by atoms with Crippen LogP contribution in [0.5, 0.6) is 0 Å². The molecular weight excluding hydrogens is 272 g/mol. The number of fused-ring (bicyclic) bond motifs is 1. The molecule has 0 aliphatic carbocycles. The van der Waals surface area contributed by atoms with Crippen LogP contribution in [0.1, 0.15) is 18.9 Å². The van der Waals surface area contributed by atoms with Gasteiger partial charge in [0.25, 0.3) is 0 Å². The lowest BCUT2D eigenvalue weighted by Crippen LogP contribution is -2.42. The van der Waals surface area contributed by atoms with E-state index in [0.717, 1.165) is 16.5 Å². The Labute approximate surface area is 121 Å². The Balaban J connectivity index is 2.15. The van der Waals surface area contributed by atoms with Gasteiger partial charge in [-0.3, -0.25) is 9.59 Å². The molecule has 0 radical (unpaired) electrons. The molecule has 1 aromatic heterocycles. The van der Waals surface area contributed by atoms with Crippen LogP contribution in [-0.2, 0) is 20.8 Å². The van der Waals surface area contributed by atoms with Gasteiger partial charge in [0.15, 0.2) is 0 Å². The standard InChI is InChI=1S/C15H16N2O4/c1-9(18)6-14(19)17-13(15(20)21)7-10-8-16-12-5-3-2-4-11(10)12/h2-5,8,13,16H,6-7H2,1H3,(H,17,19)(H,20,21)/t13-/m1/s1. The molecule has 0 unspecified atom stereocenters. The molecule has 0 aliphatic rings. The van der Waals surface area contributed by atoms with Gasteiger partial charge in [0, 0.05) is 23.5 Å². The van der Waals surface area contributed by atoms with Crippen LogP contribution in [0.3, 0.4) is 0 Å². The quantitative estimate of drug-likeness (QED) is 0.697. The third kappa shape index (κ3) is 3.68. The second-order valence-electron chi connectivity index (χ2n) is 4.90. The summed E-state index contributed by atoms with van der Waals surface area (Å²) in [6.07, 6.45) is 1.58. The smallest absolute Gasteiger partial charge is 0.326 e. The zero-order chi connectivity index (χ0) is 15.4. The van der Waals surface area contributed by atoms with Crippen LogP contribution in [-0.4, -0.2) is 33.8 Å². The van der Waals surface area contributed by atoms with Gasteiger partial charge in [-0.25, -0.2) is 4.79 Å². The Hall–Kier alpha value is -2.63. The third-order valence-corrected chi connectivity index (χ3v) is 3.14.